The Morgan fingerprint density at radius 1 is 0.475 bits per heavy atom. The highest BCUT2D eigenvalue weighted by molar-refractivity contribution is 5.92. The van der Waals surface area contributed by atoms with E-state index in [1.54, 1.807) is 18.2 Å². The van der Waals surface area contributed by atoms with Crippen molar-refractivity contribution in [2.75, 3.05) is 39.3 Å². The smallest absolute Gasteiger partial charge is 0.244 e. The van der Waals surface area contributed by atoms with Crippen LogP contribution in [0.2, 0.25) is 0 Å². The molecule has 0 aromatic heterocycles. The lowest BCUT2D eigenvalue weighted by Gasteiger charge is -2.22. The van der Waals surface area contributed by atoms with Crippen molar-refractivity contribution < 1.29 is 14.4 Å². The van der Waals surface area contributed by atoms with Crippen molar-refractivity contribution in [2.45, 2.75) is 0 Å². The van der Waals surface area contributed by atoms with Crippen molar-refractivity contribution >= 4 is 35.9 Å². The summed E-state index contributed by atoms with van der Waals surface area (Å²) in [6, 6.07) is 28.9. The molecule has 0 bridgehead atoms. The predicted octanol–water partition coefficient (Wildman–Crippen LogP) is 3.78. The van der Waals surface area contributed by atoms with Crippen LogP contribution in [0.1, 0.15) is 16.7 Å². The van der Waals surface area contributed by atoms with Gasteiger partial charge in [0.2, 0.25) is 17.7 Å². The van der Waals surface area contributed by atoms with E-state index in [9.17, 15) is 14.4 Å². The third-order valence-electron chi connectivity index (χ3n) is 5.86. The standard InChI is InChI=1S/C33H36N4O3/c38-31(19-16-28-10-4-1-5-11-28)34-22-25-37(26-23-35-32(39)20-17-29-12-6-2-7-13-29)27-24-36-33(40)21-18-30-14-8-3-9-15-30/h1-21H,22-27H2,(H,34,38)(H,35,39)(H,36,40)/b19-16+,20-17+,21-18+. The van der Waals surface area contributed by atoms with Gasteiger partial charge in [-0.15, -0.1) is 0 Å². The van der Waals surface area contributed by atoms with Crippen molar-refractivity contribution in [1.82, 2.24) is 20.9 Å². The van der Waals surface area contributed by atoms with Gasteiger partial charge in [-0.1, -0.05) is 91.0 Å². The van der Waals surface area contributed by atoms with E-state index in [4.69, 9.17) is 0 Å². The minimum absolute atomic E-state index is 0.178. The largest absolute Gasteiger partial charge is 0.351 e. The summed E-state index contributed by atoms with van der Waals surface area (Å²) in [4.78, 5) is 38.8. The fourth-order valence-corrected chi connectivity index (χ4v) is 3.73. The summed E-state index contributed by atoms with van der Waals surface area (Å²) in [7, 11) is 0. The van der Waals surface area contributed by atoms with Gasteiger partial charge in [-0.25, -0.2) is 0 Å². The van der Waals surface area contributed by atoms with Crippen molar-refractivity contribution in [3.8, 4) is 0 Å². The Bertz CT molecular complexity index is 1110. The van der Waals surface area contributed by atoms with Crippen LogP contribution in [0.4, 0.5) is 0 Å². The van der Waals surface area contributed by atoms with Crippen LogP contribution < -0.4 is 16.0 Å². The van der Waals surface area contributed by atoms with Crippen LogP contribution in [0.5, 0.6) is 0 Å². The maximum atomic E-state index is 12.2. The monoisotopic (exact) mass is 536 g/mol. The summed E-state index contributed by atoms with van der Waals surface area (Å²) in [5, 5.41) is 8.68. The Kier molecular flexibility index (Phi) is 13.2. The quantitative estimate of drug-likeness (QED) is 0.258. The van der Waals surface area contributed by atoms with Gasteiger partial charge < -0.3 is 16.0 Å². The number of benzene rings is 3. The SMILES string of the molecule is O=C(/C=C/c1ccccc1)NCCN(CCNC(=O)/C=C/c1ccccc1)CCNC(=O)/C=C/c1ccccc1. The minimum Gasteiger partial charge on any atom is -0.351 e. The van der Waals surface area contributed by atoms with Gasteiger partial charge in [-0.05, 0) is 34.9 Å². The molecule has 0 saturated carbocycles. The zero-order valence-corrected chi connectivity index (χ0v) is 22.5. The van der Waals surface area contributed by atoms with Crippen molar-refractivity contribution in [3.63, 3.8) is 0 Å². The Morgan fingerprint density at radius 2 is 0.750 bits per heavy atom. The Morgan fingerprint density at radius 3 is 1.02 bits per heavy atom. The van der Waals surface area contributed by atoms with Crippen LogP contribution in [0, 0.1) is 0 Å². The highest BCUT2D eigenvalue weighted by Gasteiger charge is 2.07. The van der Waals surface area contributed by atoms with Crippen molar-refractivity contribution in [3.05, 3.63) is 126 Å². The lowest BCUT2D eigenvalue weighted by atomic mass is 10.2. The second-order valence-electron chi connectivity index (χ2n) is 8.95. The molecule has 0 unspecified atom stereocenters. The molecule has 3 aromatic carbocycles. The maximum absolute atomic E-state index is 12.2. The summed E-state index contributed by atoms with van der Waals surface area (Å²) < 4.78 is 0. The normalized spacial score (nSPS) is 11.3. The number of nitrogens with zero attached hydrogens (tertiary/aromatic N) is 1. The van der Waals surface area contributed by atoms with Gasteiger partial charge in [-0.3, -0.25) is 19.3 Å². The third kappa shape index (κ3) is 12.7. The van der Waals surface area contributed by atoms with E-state index in [2.05, 4.69) is 20.9 Å². The topological polar surface area (TPSA) is 90.5 Å². The fraction of sp³-hybridized carbons (Fsp3) is 0.182. The number of carbonyl (C=O) groups is 3. The highest BCUT2D eigenvalue weighted by atomic mass is 16.2. The molecule has 3 aromatic rings. The second kappa shape index (κ2) is 17.7. The summed E-state index contributed by atoms with van der Waals surface area (Å²) >= 11 is 0. The first-order valence-corrected chi connectivity index (χ1v) is 13.3. The van der Waals surface area contributed by atoms with E-state index in [1.807, 2.05) is 91.0 Å². The molecular formula is C33H36N4O3. The Balaban J connectivity index is 1.44. The van der Waals surface area contributed by atoms with Gasteiger partial charge in [0.15, 0.2) is 0 Å². The van der Waals surface area contributed by atoms with Crippen LogP contribution in [0.25, 0.3) is 18.2 Å². The molecule has 3 rings (SSSR count). The fourth-order valence-electron chi connectivity index (χ4n) is 3.73. The van der Waals surface area contributed by atoms with Gasteiger partial charge in [0.05, 0.1) is 0 Å². The Hall–Kier alpha value is -4.75. The van der Waals surface area contributed by atoms with Crippen LogP contribution >= 0.6 is 0 Å². The van der Waals surface area contributed by atoms with E-state index in [0.717, 1.165) is 16.7 Å². The number of amides is 3. The molecular weight excluding hydrogens is 500 g/mol. The molecule has 3 amide bonds. The zero-order valence-electron chi connectivity index (χ0n) is 22.5. The first-order chi connectivity index (χ1) is 19.6. The summed E-state index contributed by atoms with van der Waals surface area (Å²) in [5.41, 5.74) is 2.86. The number of carbonyl (C=O) groups excluding carboxylic acids is 3. The second-order valence-corrected chi connectivity index (χ2v) is 8.95. The van der Waals surface area contributed by atoms with E-state index in [-0.39, 0.29) is 17.7 Å². The molecule has 0 aliphatic carbocycles. The summed E-state index contributed by atoms with van der Waals surface area (Å²) in [6.07, 6.45) is 9.84. The predicted molar refractivity (Wildman–Crippen MR) is 162 cm³/mol. The lowest BCUT2D eigenvalue weighted by molar-refractivity contribution is -0.117. The zero-order chi connectivity index (χ0) is 28.3. The van der Waals surface area contributed by atoms with Crippen LogP contribution in [-0.2, 0) is 14.4 Å². The Labute approximate surface area is 236 Å². The number of hydrogen-bond acceptors (Lipinski definition) is 4. The molecule has 206 valence electrons. The molecule has 0 aliphatic rings. The summed E-state index contributed by atoms with van der Waals surface area (Å²) in [5.74, 6) is -0.535. The van der Waals surface area contributed by atoms with Gasteiger partial charge in [0.1, 0.15) is 0 Å². The first kappa shape index (κ1) is 29.8. The number of hydrogen-bond donors (Lipinski definition) is 3. The van der Waals surface area contributed by atoms with Gasteiger partial charge in [0.25, 0.3) is 0 Å². The van der Waals surface area contributed by atoms with Gasteiger partial charge in [-0.2, -0.15) is 0 Å². The molecule has 0 fully saturated rings. The molecule has 0 spiro atoms. The van der Waals surface area contributed by atoms with Crippen LogP contribution in [0.15, 0.2) is 109 Å². The van der Waals surface area contributed by atoms with E-state index in [1.165, 1.54) is 18.2 Å². The molecule has 7 heteroatoms. The molecule has 0 radical (unpaired) electrons. The maximum Gasteiger partial charge on any atom is 0.244 e. The van der Waals surface area contributed by atoms with Crippen LogP contribution in [0.3, 0.4) is 0 Å². The molecule has 7 nitrogen and oxygen atoms in total. The highest BCUT2D eigenvalue weighted by Crippen LogP contribution is 2.02. The van der Waals surface area contributed by atoms with Crippen molar-refractivity contribution in [2.24, 2.45) is 0 Å². The first-order valence-electron chi connectivity index (χ1n) is 13.3. The van der Waals surface area contributed by atoms with Crippen LogP contribution in [-0.4, -0.2) is 61.9 Å². The molecule has 40 heavy (non-hydrogen) atoms. The average Bonchev–Trinajstić information content (AvgIpc) is 2.99. The third-order valence-corrected chi connectivity index (χ3v) is 5.86. The molecule has 0 atom stereocenters. The van der Waals surface area contributed by atoms with Gasteiger partial charge in [0, 0.05) is 57.5 Å². The average molecular weight is 537 g/mol. The lowest BCUT2D eigenvalue weighted by Crippen LogP contribution is -2.42. The molecule has 0 aliphatic heterocycles. The molecule has 3 N–H and O–H groups in total. The van der Waals surface area contributed by atoms with E-state index >= 15 is 0 Å². The van der Waals surface area contributed by atoms with Gasteiger partial charge >= 0.3 is 0 Å². The minimum atomic E-state index is -0.178. The van der Waals surface area contributed by atoms with E-state index in [0.29, 0.717) is 39.3 Å². The van der Waals surface area contributed by atoms with E-state index < -0.39 is 0 Å². The molecule has 0 saturated heterocycles. The number of rotatable bonds is 15. The summed E-state index contributed by atoms with van der Waals surface area (Å²) in [6.45, 7) is 2.99. The molecule has 0 heterocycles. The van der Waals surface area contributed by atoms with Crippen molar-refractivity contribution in [1.29, 1.82) is 0 Å². The number of nitrogens with one attached hydrogen (secondary N) is 3.